The van der Waals surface area contributed by atoms with Gasteiger partial charge in [0, 0.05) is 13.2 Å². The molecular weight excluding hydrogens is 580 g/mol. The molecule has 0 aromatic heterocycles. The third-order valence-corrected chi connectivity index (χ3v) is 7.62. The zero-order valence-electron chi connectivity index (χ0n) is 23.5. The minimum absolute atomic E-state index is 0.579. The second kappa shape index (κ2) is 13.0. The maximum atomic E-state index is 15.3. The van der Waals surface area contributed by atoms with Crippen molar-refractivity contribution in [3.63, 3.8) is 0 Å². The number of aliphatic hydroxyl groups excluding tert-OH is 1. The van der Waals surface area contributed by atoms with Crippen LogP contribution in [0, 0.1) is 10.8 Å². The van der Waals surface area contributed by atoms with Gasteiger partial charge in [-0.15, -0.1) is 11.6 Å². The van der Waals surface area contributed by atoms with Gasteiger partial charge in [-0.05, 0) is 47.6 Å². The van der Waals surface area contributed by atoms with Crippen molar-refractivity contribution in [1.29, 1.82) is 0 Å². The van der Waals surface area contributed by atoms with Gasteiger partial charge in [0.1, 0.15) is 17.9 Å². The summed E-state index contributed by atoms with van der Waals surface area (Å²) in [6.45, 7) is 6.83. The summed E-state index contributed by atoms with van der Waals surface area (Å²) < 4.78 is 59.6. The zero-order chi connectivity index (χ0) is 30.7. The maximum Gasteiger partial charge on any atom is 0.480 e. The summed E-state index contributed by atoms with van der Waals surface area (Å²) in [7, 11) is -3.33. The van der Waals surface area contributed by atoms with E-state index in [-0.39, 0.29) is 0 Å². The molecule has 40 heavy (non-hydrogen) atoms. The lowest BCUT2D eigenvalue weighted by molar-refractivity contribution is -0.164. The number of phosphoric ester groups is 1. The Hall–Kier alpha value is -1.84. The number of esters is 2. The van der Waals surface area contributed by atoms with Gasteiger partial charge in [0.15, 0.2) is 12.4 Å². The number of hydrogen-bond acceptors (Lipinski definition) is 12. The average Bonchev–Trinajstić information content (AvgIpc) is 3.10. The molecule has 2 aliphatic rings. The van der Waals surface area contributed by atoms with Crippen LogP contribution in [0.2, 0.25) is 0 Å². The number of likely N-dealkylation sites (N-methyl/N-ethyl adjacent to an activating group) is 1. The van der Waals surface area contributed by atoms with E-state index in [1.807, 2.05) is 0 Å². The number of rotatable bonds is 11. The number of hydrogen-bond donors (Lipinski definition) is 2. The van der Waals surface area contributed by atoms with Crippen LogP contribution in [0.1, 0.15) is 41.5 Å². The molecule has 3 N–H and O–H groups in total. The summed E-state index contributed by atoms with van der Waals surface area (Å²) in [5.41, 5.74) is 1.92. The third kappa shape index (κ3) is 8.13. The summed E-state index contributed by atoms with van der Waals surface area (Å²) in [4.78, 5) is 38.8. The van der Waals surface area contributed by atoms with Crippen molar-refractivity contribution in [3.8, 4) is 0 Å². The van der Waals surface area contributed by atoms with Gasteiger partial charge in [0.25, 0.3) is 0 Å². The maximum absolute atomic E-state index is 15.3. The van der Waals surface area contributed by atoms with Crippen molar-refractivity contribution in [2.24, 2.45) is 16.6 Å². The Bertz CT molecular complexity index is 985. The zero-order valence-corrected chi connectivity index (χ0v) is 25.1. The van der Waals surface area contributed by atoms with Gasteiger partial charge in [-0.25, -0.2) is 22.8 Å². The molecule has 0 radical (unpaired) electrons. The van der Waals surface area contributed by atoms with Crippen LogP contribution in [0.15, 0.2) is 12.3 Å². The van der Waals surface area contributed by atoms with Gasteiger partial charge in [-0.3, -0.25) is 19.0 Å². The molecule has 230 valence electrons. The van der Waals surface area contributed by atoms with Crippen LogP contribution in [-0.2, 0) is 41.9 Å². The lowest BCUT2D eigenvalue weighted by atomic mass is 9.98. The van der Waals surface area contributed by atoms with Gasteiger partial charge >= 0.3 is 25.8 Å². The molecule has 14 nitrogen and oxygen atoms in total. The first-order valence-corrected chi connectivity index (χ1v) is 14.2. The first-order chi connectivity index (χ1) is 18.3. The van der Waals surface area contributed by atoms with E-state index in [0.29, 0.717) is 0 Å². The fourth-order valence-corrected chi connectivity index (χ4v) is 4.46. The van der Waals surface area contributed by atoms with Crippen molar-refractivity contribution in [3.05, 3.63) is 12.3 Å². The van der Waals surface area contributed by atoms with Gasteiger partial charge in [-0.2, -0.15) is 0 Å². The molecule has 0 aliphatic carbocycles. The van der Waals surface area contributed by atoms with E-state index < -0.39 is 93.0 Å². The number of aliphatic hydroxyl groups is 1. The number of alkyl halides is 2. The Balaban J connectivity index is 2.20. The number of nitrogens with two attached hydrogens (primary N) is 1. The van der Waals surface area contributed by atoms with Crippen molar-refractivity contribution in [2.45, 2.75) is 71.8 Å². The number of carbonyl (C=O) groups excluding carboxylic acids is 3. The molecule has 2 rings (SSSR count). The van der Waals surface area contributed by atoms with Crippen molar-refractivity contribution in [1.82, 2.24) is 9.80 Å². The second-order valence-electron chi connectivity index (χ2n) is 11.3. The van der Waals surface area contributed by atoms with E-state index in [1.165, 1.54) is 19.3 Å². The standard InChI is InChI=1S/C23H38ClFN3O11P/c1-21(2,3)18(30)34-12-37-40(33,38-13-35-19(31)22(4,5)6)36-11-23(10-24)16(29)15(25)17(39-23)28-9-8-14(26)27(7)20(28)32/h8-9,14-17,29H,10-13,26H2,1-7H3/t14?,15-,16+,17-,23-/m1/s1. The summed E-state index contributed by atoms with van der Waals surface area (Å²) in [6.07, 6.45) is -3.89. The van der Waals surface area contributed by atoms with Crippen LogP contribution in [0.4, 0.5) is 9.18 Å². The highest BCUT2D eigenvalue weighted by Crippen LogP contribution is 2.51. The Kier molecular flexibility index (Phi) is 11.2. The number of nitrogens with zero attached hydrogens (tertiary/aromatic N) is 2. The normalized spacial score (nSPS) is 27.7. The summed E-state index contributed by atoms with van der Waals surface area (Å²) >= 11 is 6.04. The van der Waals surface area contributed by atoms with E-state index in [4.69, 9.17) is 45.1 Å². The van der Waals surface area contributed by atoms with Gasteiger partial charge in [0.2, 0.25) is 13.6 Å². The largest absolute Gasteiger partial charge is 0.480 e. The molecular formula is C23H38ClFN3O11P. The lowest BCUT2D eigenvalue weighted by Gasteiger charge is -2.37. The van der Waals surface area contributed by atoms with E-state index >= 15 is 4.39 Å². The summed E-state index contributed by atoms with van der Waals surface area (Å²) in [5.74, 6) is -1.97. The second-order valence-corrected chi connectivity index (χ2v) is 13.2. The van der Waals surface area contributed by atoms with Crippen LogP contribution in [0.3, 0.4) is 0 Å². The molecule has 2 heterocycles. The van der Waals surface area contributed by atoms with E-state index in [0.717, 1.165) is 9.80 Å². The van der Waals surface area contributed by atoms with E-state index in [2.05, 4.69) is 0 Å². The minimum atomic E-state index is -4.72. The summed E-state index contributed by atoms with van der Waals surface area (Å²) in [5, 5.41) is 10.7. The van der Waals surface area contributed by atoms with Crippen LogP contribution >= 0.6 is 19.4 Å². The van der Waals surface area contributed by atoms with Crippen molar-refractivity contribution >= 4 is 37.4 Å². The Labute approximate surface area is 237 Å². The van der Waals surface area contributed by atoms with Crippen molar-refractivity contribution in [2.75, 3.05) is 33.1 Å². The Morgan fingerprint density at radius 2 is 1.62 bits per heavy atom. The predicted octanol–water partition coefficient (Wildman–Crippen LogP) is 2.44. The molecule has 0 spiro atoms. The Morgan fingerprint density at radius 3 is 2.08 bits per heavy atom. The SMILES string of the molecule is CN1C(=O)N([C@@H]2O[C@](CCl)(COP(=O)(OCOC(=O)C(C)(C)C)OCOC(=O)C(C)(C)C)[C@@H](O)[C@H]2F)C=CC1N. The van der Waals surface area contributed by atoms with Crippen LogP contribution in [0.25, 0.3) is 0 Å². The molecule has 1 unspecified atom stereocenters. The van der Waals surface area contributed by atoms with Gasteiger partial charge < -0.3 is 30.0 Å². The van der Waals surface area contributed by atoms with Gasteiger partial charge in [0.05, 0.1) is 23.3 Å². The number of ether oxygens (including phenoxy) is 3. The highest BCUT2D eigenvalue weighted by Gasteiger charge is 2.58. The number of amides is 2. The van der Waals surface area contributed by atoms with Crippen LogP contribution in [0.5, 0.6) is 0 Å². The molecule has 2 amide bonds. The highest BCUT2D eigenvalue weighted by atomic mass is 35.5. The molecule has 5 atom stereocenters. The fourth-order valence-electron chi connectivity index (χ4n) is 3.20. The average molecular weight is 618 g/mol. The Morgan fingerprint density at radius 1 is 1.12 bits per heavy atom. The fraction of sp³-hybridized carbons (Fsp3) is 0.783. The van der Waals surface area contributed by atoms with E-state index in [1.54, 1.807) is 41.5 Å². The minimum Gasteiger partial charge on any atom is -0.437 e. The number of halogens is 2. The molecule has 2 aliphatic heterocycles. The summed E-state index contributed by atoms with van der Waals surface area (Å²) in [6, 6.07) is -0.709. The van der Waals surface area contributed by atoms with Gasteiger partial charge in [-0.1, -0.05) is 0 Å². The molecule has 0 saturated carbocycles. The molecule has 1 saturated heterocycles. The molecule has 0 aromatic rings. The number of carbonyl (C=O) groups is 3. The molecule has 0 bridgehead atoms. The number of urea groups is 1. The van der Waals surface area contributed by atoms with Crippen LogP contribution < -0.4 is 5.73 Å². The monoisotopic (exact) mass is 617 g/mol. The first kappa shape index (κ1) is 34.4. The lowest BCUT2D eigenvalue weighted by Crippen LogP contribution is -2.55. The quantitative estimate of drug-likeness (QED) is 0.150. The molecule has 1 fully saturated rings. The third-order valence-electron chi connectivity index (χ3n) is 5.88. The van der Waals surface area contributed by atoms with Crippen molar-refractivity contribution < 1.29 is 56.2 Å². The predicted molar refractivity (Wildman–Crippen MR) is 138 cm³/mol. The van der Waals surface area contributed by atoms with E-state index in [9.17, 15) is 24.1 Å². The highest BCUT2D eigenvalue weighted by molar-refractivity contribution is 7.48. The van der Waals surface area contributed by atoms with Crippen LogP contribution in [-0.4, -0.2) is 96.3 Å². The molecule has 0 aromatic carbocycles. The molecule has 17 heteroatoms. The first-order valence-electron chi connectivity index (χ1n) is 12.2. The topological polar surface area (TPSA) is 176 Å². The number of phosphoric acid groups is 1. The smallest absolute Gasteiger partial charge is 0.437 e.